The molecular formula is C20H15ClFN5OS. The lowest BCUT2D eigenvalue weighted by atomic mass is 10.2. The number of carbonyl (C=O) groups is 1. The molecule has 0 unspecified atom stereocenters. The quantitative estimate of drug-likeness (QED) is 0.371. The van der Waals surface area contributed by atoms with Crippen LogP contribution in [0.25, 0.3) is 16.7 Å². The van der Waals surface area contributed by atoms with Crippen molar-refractivity contribution in [3.8, 4) is 5.69 Å². The number of nitrogens with one attached hydrogen (secondary N) is 1. The van der Waals surface area contributed by atoms with Crippen molar-refractivity contribution >= 4 is 40.3 Å². The number of aromatic nitrogens is 4. The van der Waals surface area contributed by atoms with Crippen molar-refractivity contribution in [1.29, 1.82) is 0 Å². The van der Waals surface area contributed by atoms with Crippen LogP contribution >= 0.6 is 23.4 Å². The van der Waals surface area contributed by atoms with Crippen LogP contribution in [0.5, 0.6) is 0 Å². The highest BCUT2D eigenvalue weighted by Crippen LogP contribution is 2.26. The van der Waals surface area contributed by atoms with Crippen molar-refractivity contribution in [2.24, 2.45) is 0 Å². The van der Waals surface area contributed by atoms with Crippen molar-refractivity contribution < 1.29 is 9.18 Å². The third-order valence-corrected chi connectivity index (χ3v) is 5.37. The molecule has 0 atom stereocenters. The van der Waals surface area contributed by atoms with E-state index < -0.39 is 0 Å². The zero-order valence-corrected chi connectivity index (χ0v) is 16.6. The minimum atomic E-state index is -0.304. The average Bonchev–Trinajstić information content (AvgIpc) is 3.16. The average molecular weight is 428 g/mol. The number of thioether (sulfide) groups is 1. The molecule has 0 saturated heterocycles. The van der Waals surface area contributed by atoms with E-state index >= 15 is 0 Å². The second-order valence-electron chi connectivity index (χ2n) is 6.14. The van der Waals surface area contributed by atoms with Crippen molar-refractivity contribution in [1.82, 2.24) is 25.1 Å². The number of amides is 1. The van der Waals surface area contributed by atoms with Gasteiger partial charge in [-0.2, -0.15) is 5.10 Å². The van der Waals surface area contributed by atoms with Gasteiger partial charge in [0.05, 0.1) is 23.0 Å². The molecule has 0 spiro atoms. The standard InChI is InChI=1S/C20H15ClFN5OS/c21-14-2-1-3-16(8-14)27-19-17(10-26-27)20(25-12-24-19)29-11-18(28)23-9-13-4-6-15(22)7-5-13/h1-8,10,12H,9,11H2,(H,23,28). The fourth-order valence-electron chi connectivity index (χ4n) is 2.72. The van der Waals surface area contributed by atoms with Crippen LogP contribution < -0.4 is 5.32 Å². The predicted molar refractivity (Wildman–Crippen MR) is 111 cm³/mol. The Morgan fingerprint density at radius 2 is 2.00 bits per heavy atom. The lowest BCUT2D eigenvalue weighted by Crippen LogP contribution is -2.24. The van der Waals surface area contributed by atoms with Crippen LogP contribution in [-0.4, -0.2) is 31.4 Å². The summed E-state index contributed by atoms with van der Waals surface area (Å²) in [5.41, 5.74) is 2.26. The highest BCUT2D eigenvalue weighted by Gasteiger charge is 2.13. The maximum Gasteiger partial charge on any atom is 0.230 e. The van der Waals surface area contributed by atoms with Gasteiger partial charge in [0.1, 0.15) is 17.2 Å². The third-order valence-electron chi connectivity index (χ3n) is 4.12. The van der Waals surface area contributed by atoms with Gasteiger partial charge in [-0.3, -0.25) is 4.79 Å². The van der Waals surface area contributed by atoms with E-state index in [2.05, 4.69) is 20.4 Å². The fourth-order valence-corrected chi connectivity index (χ4v) is 3.70. The van der Waals surface area contributed by atoms with Gasteiger partial charge in [-0.25, -0.2) is 19.0 Å². The largest absolute Gasteiger partial charge is 0.351 e. The van der Waals surface area contributed by atoms with Gasteiger partial charge in [-0.05, 0) is 35.9 Å². The molecule has 1 N–H and O–H groups in total. The molecule has 2 aromatic heterocycles. The zero-order valence-electron chi connectivity index (χ0n) is 15.0. The second-order valence-corrected chi connectivity index (χ2v) is 7.54. The van der Waals surface area contributed by atoms with Crippen LogP contribution in [0.1, 0.15) is 5.56 Å². The number of halogens is 2. The maximum atomic E-state index is 12.9. The van der Waals surface area contributed by atoms with Gasteiger partial charge in [-0.1, -0.05) is 41.6 Å². The van der Waals surface area contributed by atoms with Crippen molar-refractivity contribution in [2.45, 2.75) is 11.6 Å². The monoisotopic (exact) mass is 427 g/mol. The van der Waals surface area contributed by atoms with Gasteiger partial charge in [0, 0.05) is 11.6 Å². The van der Waals surface area contributed by atoms with Gasteiger partial charge in [0.25, 0.3) is 0 Å². The summed E-state index contributed by atoms with van der Waals surface area (Å²) in [7, 11) is 0. The molecule has 0 aliphatic carbocycles. The first-order valence-corrected chi connectivity index (χ1v) is 10.0. The predicted octanol–water partition coefficient (Wildman–Crippen LogP) is 4.02. The highest BCUT2D eigenvalue weighted by molar-refractivity contribution is 8.00. The minimum Gasteiger partial charge on any atom is -0.351 e. The van der Waals surface area contributed by atoms with Crippen LogP contribution in [0.4, 0.5) is 4.39 Å². The summed E-state index contributed by atoms with van der Waals surface area (Å²) >= 11 is 7.37. The molecule has 4 aromatic rings. The first-order chi connectivity index (χ1) is 14.1. The summed E-state index contributed by atoms with van der Waals surface area (Å²) in [5.74, 6) is -0.259. The summed E-state index contributed by atoms with van der Waals surface area (Å²) in [6, 6.07) is 13.3. The third kappa shape index (κ3) is 4.55. The Kier molecular flexibility index (Phi) is 5.73. The Bertz CT molecular complexity index is 1170. The van der Waals surface area contributed by atoms with E-state index in [1.54, 1.807) is 35.1 Å². The number of nitrogens with zero attached hydrogens (tertiary/aromatic N) is 4. The van der Waals surface area contributed by atoms with Gasteiger partial charge in [0.2, 0.25) is 5.91 Å². The fraction of sp³-hybridized carbons (Fsp3) is 0.100. The Morgan fingerprint density at radius 3 is 2.79 bits per heavy atom. The molecule has 1 amide bonds. The number of fused-ring (bicyclic) bond motifs is 1. The molecule has 0 saturated carbocycles. The Labute approximate surface area is 175 Å². The molecule has 9 heteroatoms. The van der Waals surface area contributed by atoms with E-state index in [9.17, 15) is 9.18 Å². The Hall–Kier alpha value is -2.97. The van der Waals surface area contributed by atoms with Crippen LogP contribution in [-0.2, 0) is 11.3 Å². The molecule has 0 bridgehead atoms. The topological polar surface area (TPSA) is 72.7 Å². The van der Waals surface area contributed by atoms with E-state index in [1.165, 1.54) is 30.2 Å². The molecule has 29 heavy (non-hydrogen) atoms. The summed E-state index contributed by atoms with van der Waals surface area (Å²) in [4.78, 5) is 20.8. The van der Waals surface area contributed by atoms with E-state index in [0.717, 1.165) is 16.6 Å². The van der Waals surface area contributed by atoms with Gasteiger partial charge in [-0.15, -0.1) is 0 Å². The van der Waals surface area contributed by atoms with Crippen LogP contribution in [0.2, 0.25) is 5.02 Å². The minimum absolute atomic E-state index is 0.145. The molecule has 4 rings (SSSR count). The Balaban J connectivity index is 1.44. The molecule has 0 fully saturated rings. The lowest BCUT2D eigenvalue weighted by Gasteiger charge is -2.06. The first kappa shape index (κ1) is 19.4. The smallest absolute Gasteiger partial charge is 0.230 e. The molecule has 0 radical (unpaired) electrons. The summed E-state index contributed by atoms with van der Waals surface area (Å²) in [6.45, 7) is 0.339. The van der Waals surface area contributed by atoms with Gasteiger partial charge in [0.15, 0.2) is 5.65 Å². The number of carbonyl (C=O) groups excluding carboxylic acids is 1. The number of benzene rings is 2. The van der Waals surface area contributed by atoms with E-state index in [0.29, 0.717) is 22.2 Å². The van der Waals surface area contributed by atoms with E-state index in [-0.39, 0.29) is 17.5 Å². The summed E-state index contributed by atoms with van der Waals surface area (Å²) < 4.78 is 14.6. The molecule has 6 nitrogen and oxygen atoms in total. The van der Waals surface area contributed by atoms with Crippen molar-refractivity contribution in [3.63, 3.8) is 0 Å². The molecule has 2 aromatic carbocycles. The SMILES string of the molecule is O=C(CSc1ncnc2c1cnn2-c1cccc(Cl)c1)NCc1ccc(F)cc1. The number of hydrogen-bond donors (Lipinski definition) is 1. The normalized spacial score (nSPS) is 11.0. The van der Waals surface area contributed by atoms with E-state index in [1.807, 2.05) is 12.1 Å². The summed E-state index contributed by atoms with van der Waals surface area (Å²) in [5, 5.41) is 9.23. The van der Waals surface area contributed by atoms with Crippen molar-refractivity contribution in [2.75, 3.05) is 5.75 Å². The molecule has 146 valence electrons. The summed E-state index contributed by atoms with van der Waals surface area (Å²) in [6.07, 6.45) is 3.12. The molecule has 2 heterocycles. The van der Waals surface area contributed by atoms with Gasteiger partial charge >= 0.3 is 0 Å². The van der Waals surface area contributed by atoms with Crippen LogP contribution in [0.15, 0.2) is 66.1 Å². The molecule has 0 aliphatic rings. The molecule has 0 aliphatic heterocycles. The number of hydrogen-bond acceptors (Lipinski definition) is 5. The van der Waals surface area contributed by atoms with Crippen molar-refractivity contribution in [3.05, 3.63) is 77.5 Å². The van der Waals surface area contributed by atoms with Gasteiger partial charge < -0.3 is 5.32 Å². The number of rotatable bonds is 6. The lowest BCUT2D eigenvalue weighted by molar-refractivity contribution is -0.118. The van der Waals surface area contributed by atoms with E-state index in [4.69, 9.17) is 11.6 Å². The first-order valence-electron chi connectivity index (χ1n) is 8.69. The second kappa shape index (κ2) is 8.59. The van der Waals surface area contributed by atoms with Crippen LogP contribution in [0, 0.1) is 5.82 Å². The van der Waals surface area contributed by atoms with Crippen LogP contribution in [0.3, 0.4) is 0 Å². The Morgan fingerprint density at radius 1 is 1.17 bits per heavy atom. The highest BCUT2D eigenvalue weighted by atomic mass is 35.5. The molecular weight excluding hydrogens is 413 g/mol. The zero-order chi connectivity index (χ0) is 20.2. The maximum absolute atomic E-state index is 12.9.